The van der Waals surface area contributed by atoms with Crippen LogP contribution in [0.3, 0.4) is 0 Å². The summed E-state index contributed by atoms with van der Waals surface area (Å²) >= 11 is 0. The third-order valence-electron chi connectivity index (χ3n) is 6.59. The molecule has 30 heavy (non-hydrogen) atoms. The smallest absolute Gasteiger partial charge is 0.262 e. The molecular weight excluding hydrogens is 414 g/mol. The van der Waals surface area contributed by atoms with E-state index in [9.17, 15) is 17.2 Å². The lowest BCUT2D eigenvalue weighted by Crippen LogP contribution is -2.35. The average Bonchev–Trinajstić information content (AvgIpc) is 3.44. The Labute approximate surface area is 172 Å². The van der Waals surface area contributed by atoms with E-state index >= 15 is 0 Å². The summed E-state index contributed by atoms with van der Waals surface area (Å²) in [5, 5.41) is 8.70. The molecule has 3 aromatic heterocycles. The van der Waals surface area contributed by atoms with Crippen LogP contribution >= 0.6 is 0 Å². The van der Waals surface area contributed by atoms with E-state index in [1.807, 2.05) is 16.7 Å². The van der Waals surface area contributed by atoms with Gasteiger partial charge < -0.3 is 4.98 Å². The molecule has 2 fully saturated rings. The molecule has 1 aliphatic heterocycles. The van der Waals surface area contributed by atoms with Crippen molar-refractivity contribution in [3.63, 3.8) is 0 Å². The van der Waals surface area contributed by atoms with Crippen molar-refractivity contribution in [1.29, 1.82) is 0 Å². The molecule has 5 rings (SSSR count). The first-order chi connectivity index (χ1) is 14.3. The maximum absolute atomic E-state index is 13.5. The minimum Gasteiger partial charge on any atom is -0.345 e. The summed E-state index contributed by atoms with van der Waals surface area (Å²) < 4.78 is 55.5. The molecule has 162 valence electrons. The Morgan fingerprint density at radius 2 is 2.13 bits per heavy atom. The summed E-state index contributed by atoms with van der Waals surface area (Å²) in [6.07, 6.45) is 5.36. The van der Waals surface area contributed by atoms with Crippen LogP contribution in [0.1, 0.15) is 44.3 Å². The molecule has 1 N–H and O–H groups in total. The SMILES string of the molecule is CC[C@@H]1C[C@H](CS(=O)(=O)N2CCC(F)(F)C2)CC1c1nnc2cnc3[nH]ccc3n12. The summed E-state index contributed by atoms with van der Waals surface area (Å²) in [6.45, 7) is 1.29. The highest BCUT2D eigenvalue weighted by Gasteiger charge is 2.45. The summed E-state index contributed by atoms with van der Waals surface area (Å²) in [5.74, 6) is -1.96. The Kier molecular flexibility index (Phi) is 4.58. The minimum absolute atomic E-state index is 0.0609. The van der Waals surface area contributed by atoms with Crippen LogP contribution < -0.4 is 0 Å². The molecule has 2 aliphatic rings. The lowest BCUT2D eigenvalue weighted by molar-refractivity contribution is 0.0183. The molecule has 0 radical (unpaired) electrons. The zero-order valence-corrected chi connectivity index (χ0v) is 17.4. The Bertz CT molecular complexity index is 1190. The van der Waals surface area contributed by atoms with Crippen molar-refractivity contribution in [3.05, 3.63) is 24.3 Å². The van der Waals surface area contributed by atoms with Crippen molar-refractivity contribution in [2.75, 3.05) is 18.8 Å². The number of hydrogen-bond donors (Lipinski definition) is 1. The van der Waals surface area contributed by atoms with Crippen molar-refractivity contribution >= 4 is 26.8 Å². The molecule has 3 aromatic rings. The van der Waals surface area contributed by atoms with Gasteiger partial charge in [0.2, 0.25) is 10.0 Å². The Morgan fingerprint density at radius 3 is 2.87 bits per heavy atom. The molecule has 0 aromatic carbocycles. The van der Waals surface area contributed by atoms with Gasteiger partial charge in [-0.25, -0.2) is 22.2 Å². The third-order valence-corrected chi connectivity index (χ3v) is 8.58. The maximum atomic E-state index is 13.5. The molecule has 11 heteroatoms. The first kappa shape index (κ1) is 19.8. The van der Waals surface area contributed by atoms with Gasteiger partial charge in [0.05, 0.1) is 24.0 Å². The second kappa shape index (κ2) is 6.94. The van der Waals surface area contributed by atoms with Crippen LogP contribution in [-0.4, -0.2) is 62.1 Å². The van der Waals surface area contributed by atoms with Crippen molar-refractivity contribution in [1.82, 2.24) is 28.9 Å². The molecule has 3 atom stereocenters. The molecule has 4 heterocycles. The van der Waals surface area contributed by atoms with Crippen LogP contribution in [-0.2, 0) is 10.0 Å². The van der Waals surface area contributed by atoms with E-state index in [0.29, 0.717) is 12.1 Å². The van der Waals surface area contributed by atoms with E-state index in [1.165, 1.54) is 0 Å². The number of H-pyrrole nitrogens is 1. The summed E-state index contributed by atoms with van der Waals surface area (Å²) in [5.41, 5.74) is 2.28. The van der Waals surface area contributed by atoms with Crippen LogP contribution in [0.4, 0.5) is 8.78 Å². The van der Waals surface area contributed by atoms with E-state index in [2.05, 4.69) is 27.1 Å². The number of sulfonamides is 1. The van der Waals surface area contributed by atoms with E-state index in [-0.39, 0.29) is 30.1 Å². The molecule has 1 saturated carbocycles. The number of rotatable bonds is 5. The van der Waals surface area contributed by atoms with Crippen LogP contribution in [0.5, 0.6) is 0 Å². The zero-order valence-electron chi connectivity index (χ0n) is 16.6. The standard InChI is InChI=1S/C19H24F2N6O2S/c1-2-13-7-12(10-30(28,29)26-6-4-19(20,21)11-26)8-14(13)18-25-24-16-9-23-17-15(27(16)18)3-5-22-17/h3,5,9,12-14,22H,2,4,6-8,10-11H2,1H3/t12-,13+,14?/m0/s1. The molecule has 1 saturated heterocycles. The van der Waals surface area contributed by atoms with Gasteiger partial charge in [0.15, 0.2) is 11.3 Å². The quantitative estimate of drug-likeness (QED) is 0.661. The van der Waals surface area contributed by atoms with Crippen LogP contribution in [0.2, 0.25) is 0 Å². The van der Waals surface area contributed by atoms with Gasteiger partial charge >= 0.3 is 0 Å². The Morgan fingerprint density at radius 1 is 1.30 bits per heavy atom. The molecular formula is C19H24F2N6O2S. The second-order valence-corrected chi connectivity index (χ2v) is 10.6. The zero-order chi connectivity index (χ0) is 21.1. The van der Waals surface area contributed by atoms with E-state index in [1.54, 1.807) is 6.20 Å². The molecule has 8 nitrogen and oxygen atoms in total. The van der Waals surface area contributed by atoms with Gasteiger partial charge in [-0.2, -0.15) is 4.31 Å². The fraction of sp³-hybridized carbons (Fsp3) is 0.632. The van der Waals surface area contributed by atoms with Gasteiger partial charge in [-0.1, -0.05) is 13.3 Å². The molecule has 0 bridgehead atoms. The summed E-state index contributed by atoms with van der Waals surface area (Å²) in [6, 6.07) is 1.92. The number of halogens is 2. The molecule has 0 spiro atoms. The van der Waals surface area contributed by atoms with Gasteiger partial charge in [-0.3, -0.25) is 4.40 Å². The second-order valence-electron chi connectivity index (χ2n) is 8.55. The fourth-order valence-electron chi connectivity index (χ4n) is 5.13. The molecule has 1 aliphatic carbocycles. The topological polar surface area (TPSA) is 96.2 Å². The highest BCUT2D eigenvalue weighted by Crippen LogP contribution is 2.45. The largest absolute Gasteiger partial charge is 0.345 e. The van der Waals surface area contributed by atoms with Gasteiger partial charge in [0, 0.05) is 25.1 Å². The average molecular weight is 439 g/mol. The normalized spacial score (nSPS) is 27.5. The van der Waals surface area contributed by atoms with Gasteiger partial charge in [-0.05, 0) is 30.7 Å². The van der Waals surface area contributed by atoms with Crippen LogP contribution in [0.25, 0.3) is 16.8 Å². The lowest BCUT2D eigenvalue weighted by atomic mass is 9.93. The van der Waals surface area contributed by atoms with Crippen LogP contribution in [0.15, 0.2) is 18.5 Å². The number of hydrogen-bond acceptors (Lipinski definition) is 5. The van der Waals surface area contributed by atoms with Gasteiger partial charge in [0.1, 0.15) is 5.82 Å². The highest BCUT2D eigenvalue weighted by molar-refractivity contribution is 7.89. The minimum atomic E-state index is -3.71. The van der Waals surface area contributed by atoms with Crippen molar-refractivity contribution < 1.29 is 17.2 Å². The highest BCUT2D eigenvalue weighted by atomic mass is 32.2. The Hall–Kier alpha value is -2.14. The Balaban J connectivity index is 1.42. The van der Waals surface area contributed by atoms with Gasteiger partial charge in [-0.15, -0.1) is 10.2 Å². The first-order valence-corrected chi connectivity index (χ1v) is 11.9. The first-order valence-electron chi connectivity index (χ1n) is 10.3. The van der Waals surface area contributed by atoms with Gasteiger partial charge in [0.25, 0.3) is 5.92 Å². The number of nitrogens with one attached hydrogen (secondary N) is 1. The fourth-order valence-corrected chi connectivity index (χ4v) is 6.96. The van der Waals surface area contributed by atoms with Crippen molar-refractivity contribution in [2.45, 2.75) is 44.4 Å². The molecule has 0 amide bonds. The number of fused-ring (bicyclic) bond motifs is 3. The van der Waals surface area contributed by atoms with E-state index < -0.39 is 28.9 Å². The summed E-state index contributed by atoms with van der Waals surface area (Å²) in [7, 11) is -3.71. The monoisotopic (exact) mass is 438 g/mol. The van der Waals surface area contributed by atoms with Crippen molar-refractivity contribution in [2.24, 2.45) is 11.8 Å². The maximum Gasteiger partial charge on any atom is 0.262 e. The van der Waals surface area contributed by atoms with Crippen LogP contribution in [0, 0.1) is 11.8 Å². The number of aromatic amines is 1. The van der Waals surface area contributed by atoms with E-state index in [0.717, 1.165) is 34.1 Å². The van der Waals surface area contributed by atoms with Crippen molar-refractivity contribution in [3.8, 4) is 0 Å². The number of aromatic nitrogens is 5. The number of nitrogens with zero attached hydrogens (tertiary/aromatic N) is 5. The van der Waals surface area contributed by atoms with E-state index in [4.69, 9.17) is 0 Å². The third kappa shape index (κ3) is 3.27. The predicted octanol–water partition coefficient (Wildman–Crippen LogP) is 2.80. The summed E-state index contributed by atoms with van der Waals surface area (Å²) in [4.78, 5) is 7.43. The predicted molar refractivity (Wildman–Crippen MR) is 107 cm³/mol. The molecule has 1 unspecified atom stereocenters. The number of alkyl halides is 2. The lowest BCUT2D eigenvalue weighted by Gasteiger charge is -2.19.